The molecule has 3 aromatic rings. The molecule has 2 heterocycles. The molecule has 0 spiro atoms. The number of aromatic carboxylic acids is 1. The predicted octanol–water partition coefficient (Wildman–Crippen LogP) is 2.83. The summed E-state index contributed by atoms with van der Waals surface area (Å²) in [6, 6.07) is 7.76. The van der Waals surface area contributed by atoms with Crippen molar-refractivity contribution in [3.05, 3.63) is 75.6 Å². The van der Waals surface area contributed by atoms with Gasteiger partial charge >= 0.3 is 5.97 Å². The minimum atomic E-state index is -1.36. The lowest BCUT2D eigenvalue weighted by Crippen LogP contribution is -2.52. The second-order valence-electron chi connectivity index (χ2n) is 8.02. The SMILES string of the molecule is CCn1cc(C(=O)O)c(=O)c2cc(F)c(N3CCN(C(=S)NC(=O)c4ccc(F)cc4)CC3)cc21. The number of carboxylic acid groups (broad SMARTS) is 1. The Morgan fingerprint density at radius 2 is 1.74 bits per heavy atom. The molecule has 2 N–H and O–H groups in total. The lowest BCUT2D eigenvalue weighted by atomic mass is 10.1. The number of carbonyl (C=O) groups excluding carboxylic acids is 1. The highest BCUT2D eigenvalue weighted by Gasteiger charge is 2.24. The van der Waals surface area contributed by atoms with Crippen LogP contribution < -0.4 is 15.6 Å². The quantitative estimate of drug-likeness (QED) is 0.532. The molecule has 0 unspecified atom stereocenters. The lowest BCUT2D eigenvalue weighted by molar-refractivity contribution is 0.0694. The summed E-state index contributed by atoms with van der Waals surface area (Å²) in [6.45, 7) is 3.84. The smallest absolute Gasteiger partial charge is 0.341 e. The summed E-state index contributed by atoms with van der Waals surface area (Å²) in [5.74, 6) is -2.88. The number of halogens is 2. The van der Waals surface area contributed by atoms with Crippen molar-refractivity contribution in [3.63, 3.8) is 0 Å². The number of aromatic nitrogens is 1. The highest BCUT2D eigenvalue weighted by atomic mass is 32.1. The molecular weight excluding hydrogens is 478 g/mol. The minimum Gasteiger partial charge on any atom is -0.477 e. The number of amides is 1. The van der Waals surface area contributed by atoms with Gasteiger partial charge < -0.3 is 19.5 Å². The molecule has 35 heavy (non-hydrogen) atoms. The highest BCUT2D eigenvalue weighted by molar-refractivity contribution is 7.80. The van der Waals surface area contributed by atoms with E-state index in [2.05, 4.69) is 5.32 Å². The molecule has 1 aromatic heterocycles. The summed E-state index contributed by atoms with van der Waals surface area (Å²) < 4.78 is 29.7. The first-order valence-electron chi connectivity index (χ1n) is 10.9. The van der Waals surface area contributed by atoms with Crippen LogP contribution in [0.5, 0.6) is 0 Å². The second-order valence-corrected chi connectivity index (χ2v) is 8.41. The molecule has 1 aliphatic rings. The van der Waals surface area contributed by atoms with Gasteiger partial charge in [0.15, 0.2) is 5.11 Å². The number of fused-ring (bicyclic) bond motifs is 1. The van der Waals surface area contributed by atoms with Crippen molar-refractivity contribution in [2.45, 2.75) is 13.5 Å². The van der Waals surface area contributed by atoms with E-state index in [1.807, 2.05) is 4.90 Å². The van der Waals surface area contributed by atoms with Crippen LogP contribution in [-0.2, 0) is 6.54 Å². The van der Waals surface area contributed by atoms with Crippen LogP contribution in [0.15, 0.2) is 47.4 Å². The van der Waals surface area contributed by atoms with Gasteiger partial charge in [-0.3, -0.25) is 14.9 Å². The molecule has 1 amide bonds. The molecule has 4 rings (SSSR count). The van der Waals surface area contributed by atoms with Crippen molar-refractivity contribution >= 4 is 45.8 Å². The number of benzene rings is 2. The molecule has 0 radical (unpaired) electrons. The summed E-state index contributed by atoms with van der Waals surface area (Å²) in [5.41, 5.74) is -0.115. The van der Waals surface area contributed by atoms with Crippen molar-refractivity contribution < 1.29 is 23.5 Å². The van der Waals surface area contributed by atoms with Crippen molar-refractivity contribution in [1.82, 2.24) is 14.8 Å². The topological polar surface area (TPSA) is 94.9 Å². The van der Waals surface area contributed by atoms with Gasteiger partial charge in [0.25, 0.3) is 5.91 Å². The Labute approximate surface area is 204 Å². The Hall–Kier alpha value is -3.86. The van der Waals surface area contributed by atoms with Gasteiger partial charge in [0.1, 0.15) is 17.2 Å². The van der Waals surface area contributed by atoms with Crippen molar-refractivity contribution in [1.29, 1.82) is 0 Å². The highest BCUT2D eigenvalue weighted by Crippen LogP contribution is 2.26. The number of rotatable bonds is 4. The summed E-state index contributed by atoms with van der Waals surface area (Å²) in [4.78, 5) is 39.9. The van der Waals surface area contributed by atoms with Crippen LogP contribution in [0.4, 0.5) is 14.5 Å². The fourth-order valence-corrected chi connectivity index (χ4v) is 4.33. The van der Waals surface area contributed by atoms with Crippen molar-refractivity contribution in [2.75, 3.05) is 31.1 Å². The van der Waals surface area contributed by atoms with E-state index < -0.39 is 34.5 Å². The number of carbonyl (C=O) groups is 2. The first-order chi connectivity index (χ1) is 16.7. The first-order valence-corrected chi connectivity index (χ1v) is 11.3. The molecule has 2 aromatic carbocycles. The number of piperazine rings is 1. The van der Waals surface area contributed by atoms with Crippen LogP contribution in [0, 0.1) is 11.6 Å². The van der Waals surface area contributed by atoms with E-state index in [1.54, 1.807) is 22.5 Å². The Morgan fingerprint density at radius 3 is 2.34 bits per heavy atom. The second kappa shape index (κ2) is 9.79. The molecule has 0 atom stereocenters. The number of carboxylic acids is 1. The number of aryl methyl sites for hydroxylation is 1. The van der Waals surface area contributed by atoms with Gasteiger partial charge in [0.05, 0.1) is 11.2 Å². The largest absolute Gasteiger partial charge is 0.477 e. The summed E-state index contributed by atoms with van der Waals surface area (Å²) in [5, 5.41) is 12.2. The zero-order valence-corrected chi connectivity index (χ0v) is 19.6. The van der Waals surface area contributed by atoms with Crippen LogP contribution >= 0.6 is 12.2 Å². The molecule has 182 valence electrons. The number of nitrogens with one attached hydrogen (secondary N) is 1. The van der Waals surface area contributed by atoms with E-state index in [4.69, 9.17) is 12.2 Å². The third kappa shape index (κ3) is 4.85. The van der Waals surface area contributed by atoms with Gasteiger partial charge in [-0.1, -0.05) is 0 Å². The zero-order valence-electron chi connectivity index (χ0n) is 18.8. The molecule has 8 nitrogen and oxygen atoms in total. The Bertz CT molecular complexity index is 1380. The summed E-state index contributed by atoms with van der Waals surface area (Å²) >= 11 is 5.34. The number of anilines is 1. The van der Waals surface area contributed by atoms with E-state index in [9.17, 15) is 23.9 Å². The van der Waals surface area contributed by atoms with Crippen molar-refractivity contribution in [3.8, 4) is 0 Å². The lowest BCUT2D eigenvalue weighted by Gasteiger charge is -2.37. The van der Waals surface area contributed by atoms with Crippen LogP contribution in [-0.4, -0.2) is 57.7 Å². The standard InChI is InChI=1S/C24H22F2N4O4S/c1-2-28-13-17(23(33)34)21(31)16-11-18(26)20(12-19(16)28)29-7-9-30(10-8-29)24(35)27-22(32)14-3-5-15(25)6-4-14/h3-6,11-13H,2,7-10H2,1H3,(H,33,34)(H,27,32,35). The Kier molecular flexibility index (Phi) is 6.79. The fourth-order valence-electron chi connectivity index (χ4n) is 4.06. The average molecular weight is 501 g/mol. The van der Waals surface area contributed by atoms with Gasteiger partial charge in [-0.05, 0) is 55.5 Å². The normalized spacial score (nSPS) is 13.7. The zero-order chi connectivity index (χ0) is 25.3. The van der Waals surface area contributed by atoms with E-state index >= 15 is 4.39 Å². The third-order valence-electron chi connectivity index (χ3n) is 5.95. The molecule has 11 heteroatoms. The van der Waals surface area contributed by atoms with E-state index in [0.717, 1.165) is 6.07 Å². The number of hydrogen-bond donors (Lipinski definition) is 2. The predicted molar refractivity (Wildman–Crippen MR) is 131 cm³/mol. The maximum atomic E-state index is 15.0. The van der Waals surface area contributed by atoms with Gasteiger partial charge in [0, 0.05) is 49.9 Å². The van der Waals surface area contributed by atoms with Crippen LogP contribution in [0.25, 0.3) is 10.9 Å². The molecule has 1 fully saturated rings. The Balaban J connectivity index is 1.50. The summed E-state index contributed by atoms with van der Waals surface area (Å²) in [7, 11) is 0. The molecular formula is C24H22F2N4O4S. The van der Waals surface area contributed by atoms with Crippen LogP contribution in [0.1, 0.15) is 27.6 Å². The molecule has 0 aliphatic carbocycles. The number of thiocarbonyl (C=S) groups is 1. The van der Waals surface area contributed by atoms with Gasteiger partial charge in [-0.15, -0.1) is 0 Å². The van der Waals surface area contributed by atoms with E-state index in [1.165, 1.54) is 30.5 Å². The first kappa shape index (κ1) is 24.3. The van der Waals surface area contributed by atoms with Gasteiger partial charge in [0.2, 0.25) is 5.43 Å². The van der Waals surface area contributed by atoms with Gasteiger partial charge in [-0.2, -0.15) is 0 Å². The van der Waals surface area contributed by atoms with Gasteiger partial charge in [-0.25, -0.2) is 13.6 Å². The number of pyridine rings is 1. The number of hydrogen-bond acceptors (Lipinski definition) is 5. The van der Waals surface area contributed by atoms with Crippen LogP contribution in [0.3, 0.4) is 0 Å². The van der Waals surface area contributed by atoms with Crippen LogP contribution in [0.2, 0.25) is 0 Å². The third-order valence-corrected chi connectivity index (χ3v) is 6.31. The van der Waals surface area contributed by atoms with E-state index in [-0.39, 0.29) is 16.1 Å². The monoisotopic (exact) mass is 500 g/mol. The summed E-state index contributed by atoms with van der Waals surface area (Å²) in [6.07, 6.45) is 1.27. The van der Waals surface area contributed by atoms with Crippen molar-refractivity contribution in [2.24, 2.45) is 0 Å². The molecule has 0 bridgehead atoms. The molecule has 0 saturated carbocycles. The fraction of sp³-hybridized carbons (Fsp3) is 0.250. The average Bonchev–Trinajstić information content (AvgIpc) is 2.84. The Morgan fingerprint density at radius 1 is 1.09 bits per heavy atom. The molecule has 1 aliphatic heterocycles. The minimum absolute atomic E-state index is 0.0105. The van der Waals surface area contributed by atoms with E-state index in [0.29, 0.717) is 43.9 Å². The maximum absolute atomic E-state index is 15.0. The maximum Gasteiger partial charge on any atom is 0.341 e. The number of nitrogens with zero attached hydrogens (tertiary/aromatic N) is 3. The molecule has 1 saturated heterocycles.